The van der Waals surface area contributed by atoms with E-state index < -0.39 is 0 Å². The smallest absolute Gasteiger partial charge is 0.0351 e. The van der Waals surface area contributed by atoms with Crippen LogP contribution in [0.15, 0.2) is 11.3 Å². The molecule has 0 aromatic rings. The predicted octanol–water partition coefficient (Wildman–Crippen LogP) is 1.36. The number of nitrogens with two attached hydrogens (primary N) is 1. The predicted molar refractivity (Wildman–Crippen MR) is 65.7 cm³/mol. The second kappa shape index (κ2) is 5.52. The van der Waals surface area contributed by atoms with Crippen molar-refractivity contribution in [3.8, 4) is 0 Å². The van der Waals surface area contributed by atoms with E-state index in [0.717, 1.165) is 25.9 Å². The van der Waals surface area contributed by atoms with Crippen molar-refractivity contribution in [2.45, 2.75) is 45.1 Å². The molecule has 1 fully saturated rings. The van der Waals surface area contributed by atoms with Crippen LogP contribution in [0, 0.1) is 0 Å². The third-order valence-corrected chi connectivity index (χ3v) is 2.62. The van der Waals surface area contributed by atoms with E-state index in [9.17, 15) is 0 Å². The molecular formula is C12H25N3. The van der Waals surface area contributed by atoms with Gasteiger partial charge in [-0.05, 0) is 52.2 Å². The van der Waals surface area contributed by atoms with Crippen LogP contribution in [0.5, 0.6) is 0 Å². The van der Waals surface area contributed by atoms with E-state index >= 15 is 0 Å². The van der Waals surface area contributed by atoms with Crippen molar-refractivity contribution in [3.05, 3.63) is 11.3 Å². The van der Waals surface area contributed by atoms with Crippen LogP contribution in [0.1, 0.15) is 39.5 Å². The number of rotatable bonds is 7. The van der Waals surface area contributed by atoms with Gasteiger partial charge in [0.05, 0.1) is 0 Å². The lowest BCUT2D eigenvalue weighted by atomic mass is 10.0. The van der Waals surface area contributed by atoms with Gasteiger partial charge >= 0.3 is 0 Å². The minimum Gasteiger partial charge on any atom is -0.387 e. The van der Waals surface area contributed by atoms with Crippen molar-refractivity contribution >= 4 is 0 Å². The van der Waals surface area contributed by atoms with Gasteiger partial charge in [-0.1, -0.05) is 0 Å². The van der Waals surface area contributed by atoms with Gasteiger partial charge in [-0.15, -0.1) is 0 Å². The number of hydrogen-bond donors (Lipinski definition) is 3. The molecule has 0 amide bonds. The molecule has 3 heteroatoms. The van der Waals surface area contributed by atoms with E-state index in [1.165, 1.54) is 18.5 Å². The van der Waals surface area contributed by atoms with Gasteiger partial charge in [0.2, 0.25) is 0 Å². The molecule has 15 heavy (non-hydrogen) atoms. The fraction of sp³-hybridized carbons (Fsp3) is 0.833. The number of allylic oxidation sites excluding steroid dienone is 1. The Kier molecular flexibility index (Phi) is 4.61. The van der Waals surface area contributed by atoms with Gasteiger partial charge in [0.15, 0.2) is 0 Å². The van der Waals surface area contributed by atoms with E-state index in [-0.39, 0.29) is 5.54 Å². The maximum Gasteiger partial charge on any atom is 0.0351 e. The zero-order valence-corrected chi connectivity index (χ0v) is 10.3. The quantitative estimate of drug-likeness (QED) is 0.557. The minimum atomic E-state index is -0.0302. The molecule has 1 rings (SSSR count). The highest BCUT2D eigenvalue weighted by Crippen LogP contribution is 2.30. The van der Waals surface area contributed by atoms with Crippen LogP contribution in [-0.2, 0) is 0 Å². The maximum absolute atomic E-state index is 5.93. The van der Waals surface area contributed by atoms with Gasteiger partial charge < -0.3 is 16.4 Å². The van der Waals surface area contributed by atoms with Crippen LogP contribution in [-0.4, -0.2) is 25.7 Å². The van der Waals surface area contributed by atoms with Gasteiger partial charge in [0.25, 0.3) is 0 Å². The highest BCUT2D eigenvalue weighted by Gasteiger charge is 2.17. The largest absolute Gasteiger partial charge is 0.387 e. The summed E-state index contributed by atoms with van der Waals surface area (Å²) in [7, 11) is 1.99. The second-order valence-electron chi connectivity index (χ2n) is 5.13. The van der Waals surface area contributed by atoms with Crippen LogP contribution in [0.3, 0.4) is 0 Å². The third-order valence-electron chi connectivity index (χ3n) is 2.62. The van der Waals surface area contributed by atoms with Crippen molar-refractivity contribution in [1.29, 1.82) is 0 Å². The summed E-state index contributed by atoms with van der Waals surface area (Å²) < 4.78 is 0. The van der Waals surface area contributed by atoms with E-state index in [1.54, 1.807) is 5.57 Å². The summed E-state index contributed by atoms with van der Waals surface area (Å²) >= 11 is 0. The lowest BCUT2D eigenvalue weighted by Gasteiger charge is -2.18. The third kappa shape index (κ3) is 5.80. The highest BCUT2D eigenvalue weighted by atomic mass is 14.9. The molecule has 1 saturated carbocycles. The monoisotopic (exact) mass is 211 g/mol. The summed E-state index contributed by atoms with van der Waals surface area (Å²) in [6, 6.07) is 0. The van der Waals surface area contributed by atoms with Crippen molar-refractivity contribution in [3.63, 3.8) is 0 Å². The summed E-state index contributed by atoms with van der Waals surface area (Å²) in [5.74, 6) is 0. The zero-order chi connectivity index (χ0) is 11.3. The first-order chi connectivity index (χ1) is 7.03. The summed E-state index contributed by atoms with van der Waals surface area (Å²) in [4.78, 5) is 0. The van der Waals surface area contributed by atoms with Crippen LogP contribution < -0.4 is 16.4 Å². The molecule has 4 N–H and O–H groups in total. The topological polar surface area (TPSA) is 50.1 Å². The van der Waals surface area contributed by atoms with Crippen molar-refractivity contribution < 1.29 is 0 Å². The van der Waals surface area contributed by atoms with Gasteiger partial charge in [-0.25, -0.2) is 0 Å². The molecular weight excluding hydrogens is 186 g/mol. The molecule has 0 aliphatic heterocycles. The van der Waals surface area contributed by atoms with Crippen molar-refractivity contribution in [1.82, 2.24) is 10.6 Å². The average molecular weight is 211 g/mol. The zero-order valence-electron chi connectivity index (χ0n) is 10.3. The molecule has 0 saturated heterocycles. The normalized spacial score (nSPS) is 15.3. The Morgan fingerprint density at radius 2 is 2.07 bits per heavy atom. The van der Waals surface area contributed by atoms with Crippen LogP contribution in [0.4, 0.5) is 0 Å². The first-order valence-electron chi connectivity index (χ1n) is 5.91. The average Bonchev–Trinajstić information content (AvgIpc) is 2.91. The maximum atomic E-state index is 5.93. The SMILES string of the molecule is CNCC(NCCCC(C)(C)N)=C1CC1. The van der Waals surface area contributed by atoms with Gasteiger partial charge in [-0.3, -0.25) is 0 Å². The fourth-order valence-electron chi connectivity index (χ4n) is 1.64. The van der Waals surface area contributed by atoms with Gasteiger partial charge in [0, 0.05) is 24.3 Å². The molecule has 0 atom stereocenters. The molecule has 0 bridgehead atoms. The Morgan fingerprint density at radius 3 is 2.53 bits per heavy atom. The lowest BCUT2D eigenvalue weighted by molar-refractivity contribution is 0.453. The molecule has 1 aliphatic carbocycles. The number of likely N-dealkylation sites (N-methyl/N-ethyl adjacent to an activating group) is 1. The first-order valence-corrected chi connectivity index (χ1v) is 5.91. The summed E-state index contributed by atoms with van der Waals surface area (Å²) in [5, 5.41) is 6.72. The van der Waals surface area contributed by atoms with Crippen LogP contribution in [0.25, 0.3) is 0 Å². The number of nitrogens with one attached hydrogen (secondary N) is 2. The summed E-state index contributed by atoms with van der Waals surface area (Å²) in [5.41, 5.74) is 8.90. The molecule has 0 aromatic heterocycles. The lowest BCUT2D eigenvalue weighted by Crippen LogP contribution is -2.33. The minimum absolute atomic E-state index is 0.0302. The van der Waals surface area contributed by atoms with Gasteiger partial charge in [-0.2, -0.15) is 0 Å². The number of hydrogen-bond acceptors (Lipinski definition) is 3. The molecule has 3 nitrogen and oxygen atoms in total. The molecule has 0 aromatic carbocycles. The Hall–Kier alpha value is -0.540. The molecule has 0 radical (unpaired) electrons. The summed E-state index contributed by atoms with van der Waals surface area (Å²) in [6.07, 6.45) is 4.78. The van der Waals surface area contributed by atoms with E-state index in [4.69, 9.17) is 5.73 Å². The van der Waals surface area contributed by atoms with Crippen molar-refractivity contribution in [2.75, 3.05) is 20.1 Å². The highest BCUT2D eigenvalue weighted by molar-refractivity contribution is 5.24. The van der Waals surface area contributed by atoms with E-state index in [1.807, 2.05) is 7.05 Å². The van der Waals surface area contributed by atoms with Gasteiger partial charge in [0.1, 0.15) is 0 Å². The second-order valence-corrected chi connectivity index (χ2v) is 5.13. The van der Waals surface area contributed by atoms with E-state index in [0.29, 0.717) is 0 Å². The summed E-state index contributed by atoms with van der Waals surface area (Å²) in [6.45, 7) is 6.18. The molecule has 1 aliphatic rings. The van der Waals surface area contributed by atoms with Crippen molar-refractivity contribution in [2.24, 2.45) is 5.73 Å². The first kappa shape index (κ1) is 12.5. The molecule has 0 heterocycles. The Balaban J connectivity index is 2.16. The molecule has 0 spiro atoms. The fourth-order valence-corrected chi connectivity index (χ4v) is 1.64. The van der Waals surface area contributed by atoms with Crippen LogP contribution >= 0.6 is 0 Å². The Bertz CT molecular complexity index is 220. The molecule has 0 unspecified atom stereocenters. The molecule has 88 valence electrons. The Labute approximate surface area is 93.5 Å². The van der Waals surface area contributed by atoms with Crippen LogP contribution in [0.2, 0.25) is 0 Å². The standard InChI is InChI=1S/C12H25N3/c1-12(2,13)7-4-8-15-11(9-14-3)10-5-6-10/h14-15H,4-9,13H2,1-3H3. The Morgan fingerprint density at radius 1 is 1.40 bits per heavy atom. The van der Waals surface area contributed by atoms with E-state index in [2.05, 4.69) is 24.5 Å².